The van der Waals surface area contributed by atoms with Crippen LogP contribution in [0.2, 0.25) is 0 Å². The minimum absolute atomic E-state index is 0.0512. The van der Waals surface area contributed by atoms with Gasteiger partial charge in [-0.05, 0) is 49.4 Å². The third kappa shape index (κ3) is 6.77. The summed E-state index contributed by atoms with van der Waals surface area (Å²) in [5.41, 5.74) is 2.45. The number of amides is 1. The Morgan fingerprint density at radius 3 is 2.48 bits per heavy atom. The smallest absolute Gasteiger partial charge is 0.233 e. The molecule has 2 aromatic carbocycles. The molecule has 0 spiro atoms. The van der Waals surface area contributed by atoms with E-state index in [1.165, 1.54) is 5.56 Å². The number of hydrogen-bond donors (Lipinski definition) is 1. The first-order chi connectivity index (χ1) is 14.0. The maximum atomic E-state index is 12.5. The average Bonchev–Trinajstić information content (AvgIpc) is 2.74. The zero-order valence-corrected chi connectivity index (χ0v) is 18.4. The van der Waals surface area contributed by atoms with Crippen molar-refractivity contribution in [2.45, 2.75) is 30.2 Å². The lowest BCUT2D eigenvalue weighted by molar-refractivity contribution is -0.120. The minimum atomic E-state index is -0.156. The third-order valence-corrected chi connectivity index (χ3v) is 6.31. The van der Waals surface area contributed by atoms with Gasteiger partial charge in [-0.1, -0.05) is 24.3 Å². The minimum Gasteiger partial charge on any atom is -0.497 e. The molecule has 1 N–H and O–H groups in total. The van der Waals surface area contributed by atoms with Crippen LogP contribution in [-0.2, 0) is 17.9 Å². The molecule has 29 heavy (non-hydrogen) atoms. The molecule has 5 nitrogen and oxygen atoms in total. The van der Waals surface area contributed by atoms with Crippen LogP contribution in [0.5, 0.6) is 5.75 Å². The van der Waals surface area contributed by atoms with Gasteiger partial charge in [0, 0.05) is 44.2 Å². The summed E-state index contributed by atoms with van der Waals surface area (Å²) in [6.07, 6.45) is 0. The van der Waals surface area contributed by atoms with Gasteiger partial charge in [-0.25, -0.2) is 0 Å². The molecular weight excluding hydrogens is 382 g/mol. The molecule has 0 aliphatic carbocycles. The van der Waals surface area contributed by atoms with Crippen LogP contribution in [0.3, 0.4) is 0 Å². The van der Waals surface area contributed by atoms with Crippen molar-refractivity contribution in [2.24, 2.45) is 0 Å². The third-order valence-electron chi connectivity index (χ3n) is 5.20. The number of rotatable bonds is 8. The fourth-order valence-electron chi connectivity index (χ4n) is 3.35. The summed E-state index contributed by atoms with van der Waals surface area (Å²) in [5.74, 6) is 0.873. The van der Waals surface area contributed by atoms with Gasteiger partial charge in [0.15, 0.2) is 0 Å². The number of benzene rings is 2. The molecule has 1 aliphatic rings. The highest BCUT2D eigenvalue weighted by atomic mass is 32.2. The zero-order valence-electron chi connectivity index (χ0n) is 17.6. The second-order valence-corrected chi connectivity index (χ2v) is 8.97. The number of nitrogens with zero attached hydrogens (tertiary/aromatic N) is 2. The van der Waals surface area contributed by atoms with Crippen LogP contribution in [-0.4, -0.2) is 61.3 Å². The first-order valence-electron chi connectivity index (χ1n) is 10.1. The molecule has 1 heterocycles. The second kappa shape index (κ2) is 10.7. The Morgan fingerprint density at radius 2 is 1.79 bits per heavy atom. The molecule has 1 fully saturated rings. The van der Waals surface area contributed by atoms with E-state index in [2.05, 4.69) is 46.4 Å². The lowest BCUT2D eigenvalue weighted by atomic mass is 10.1. The Balaban J connectivity index is 1.47. The van der Waals surface area contributed by atoms with Crippen molar-refractivity contribution in [3.63, 3.8) is 0 Å². The SMILES string of the molecule is COc1ccc(SC(C)C(=O)NCc2cccc(CN3CCN(C)CC3)c2)cc1. The van der Waals surface area contributed by atoms with Gasteiger partial charge in [-0.15, -0.1) is 11.8 Å². The van der Waals surface area contributed by atoms with E-state index in [0.717, 1.165) is 48.9 Å². The molecule has 1 aliphatic heterocycles. The summed E-state index contributed by atoms with van der Waals surface area (Å²) < 4.78 is 5.18. The van der Waals surface area contributed by atoms with Crippen LogP contribution in [0, 0.1) is 0 Å². The van der Waals surface area contributed by atoms with Crippen molar-refractivity contribution in [1.82, 2.24) is 15.1 Å². The summed E-state index contributed by atoms with van der Waals surface area (Å²) in [6.45, 7) is 7.93. The highest BCUT2D eigenvalue weighted by Crippen LogP contribution is 2.25. The maximum Gasteiger partial charge on any atom is 0.233 e. The number of carbonyl (C=O) groups is 1. The molecular formula is C23H31N3O2S. The van der Waals surface area contributed by atoms with E-state index in [1.54, 1.807) is 18.9 Å². The quantitative estimate of drug-likeness (QED) is 0.673. The van der Waals surface area contributed by atoms with Crippen molar-refractivity contribution in [2.75, 3.05) is 40.3 Å². The van der Waals surface area contributed by atoms with Crippen molar-refractivity contribution in [3.05, 3.63) is 59.7 Å². The molecule has 1 unspecified atom stereocenters. The van der Waals surface area contributed by atoms with E-state index in [9.17, 15) is 4.79 Å². The van der Waals surface area contributed by atoms with Gasteiger partial charge in [0.1, 0.15) is 5.75 Å². The fraction of sp³-hybridized carbons (Fsp3) is 0.435. The predicted molar refractivity (Wildman–Crippen MR) is 119 cm³/mol. The van der Waals surface area contributed by atoms with E-state index < -0.39 is 0 Å². The number of piperazine rings is 1. The van der Waals surface area contributed by atoms with Crippen LogP contribution in [0.25, 0.3) is 0 Å². The summed E-state index contributed by atoms with van der Waals surface area (Å²) in [5, 5.41) is 2.92. The Morgan fingerprint density at radius 1 is 1.10 bits per heavy atom. The van der Waals surface area contributed by atoms with Crippen LogP contribution in [0.1, 0.15) is 18.1 Å². The second-order valence-electron chi connectivity index (χ2n) is 7.55. The lowest BCUT2D eigenvalue weighted by Crippen LogP contribution is -2.43. The number of ether oxygens (including phenoxy) is 1. The molecule has 6 heteroatoms. The van der Waals surface area contributed by atoms with E-state index in [-0.39, 0.29) is 11.2 Å². The average molecular weight is 414 g/mol. The van der Waals surface area contributed by atoms with E-state index in [4.69, 9.17) is 4.74 Å². The van der Waals surface area contributed by atoms with Crippen molar-refractivity contribution < 1.29 is 9.53 Å². The highest BCUT2D eigenvalue weighted by Gasteiger charge is 2.15. The Hall–Kier alpha value is -2.02. The van der Waals surface area contributed by atoms with Crippen LogP contribution in [0.4, 0.5) is 0 Å². The van der Waals surface area contributed by atoms with Gasteiger partial charge in [0.25, 0.3) is 0 Å². The number of methoxy groups -OCH3 is 1. The monoisotopic (exact) mass is 413 g/mol. The molecule has 0 radical (unpaired) electrons. The first-order valence-corrected chi connectivity index (χ1v) is 11.0. The molecule has 3 rings (SSSR count). The number of thioether (sulfide) groups is 1. The molecule has 2 aromatic rings. The molecule has 0 aromatic heterocycles. The van der Waals surface area contributed by atoms with E-state index in [1.807, 2.05) is 31.2 Å². The maximum absolute atomic E-state index is 12.5. The van der Waals surface area contributed by atoms with Crippen molar-refractivity contribution >= 4 is 17.7 Å². The number of carbonyl (C=O) groups excluding carboxylic acids is 1. The zero-order chi connectivity index (χ0) is 20.6. The fourth-order valence-corrected chi connectivity index (χ4v) is 4.24. The summed E-state index contributed by atoms with van der Waals surface area (Å²) in [7, 11) is 3.83. The molecule has 0 saturated carbocycles. The lowest BCUT2D eigenvalue weighted by Gasteiger charge is -2.32. The van der Waals surface area contributed by atoms with Crippen LogP contribution < -0.4 is 10.1 Å². The summed E-state index contributed by atoms with van der Waals surface area (Å²) >= 11 is 1.55. The van der Waals surface area contributed by atoms with Gasteiger partial charge < -0.3 is 15.0 Å². The van der Waals surface area contributed by atoms with Crippen molar-refractivity contribution in [3.8, 4) is 5.75 Å². The van der Waals surface area contributed by atoms with Gasteiger partial charge in [0.05, 0.1) is 12.4 Å². The molecule has 1 amide bonds. The van der Waals surface area contributed by atoms with Crippen molar-refractivity contribution in [1.29, 1.82) is 0 Å². The number of likely N-dealkylation sites (N-methyl/N-ethyl adjacent to an activating group) is 1. The summed E-state index contributed by atoms with van der Waals surface area (Å²) in [4.78, 5) is 18.4. The highest BCUT2D eigenvalue weighted by molar-refractivity contribution is 8.00. The molecule has 1 saturated heterocycles. The Labute approximate surface area is 178 Å². The first kappa shape index (κ1) is 21.7. The largest absolute Gasteiger partial charge is 0.497 e. The topological polar surface area (TPSA) is 44.8 Å². The predicted octanol–water partition coefficient (Wildman–Crippen LogP) is 3.24. The van der Waals surface area contributed by atoms with E-state index >= 15 is 0 Å². The Bertz CT molecular complexity index is 789. The van der Waals surface area contributed by atoms with Gasteiger partial charge in [-0.3, -0.25) is 9.69 Å². The van der Waals surface area contributed by atoms with Gasteiger partial charge in [0.2, 0.25) is 5.91 Å². The van der Waals surface area contributed by atoms with Crippen LogP contribution in [0.15, 0.2) is 53.4 Å². The molecule has 156 valence electrons. The van der Waals surface area contributed by atoms with Crippen LogP contribution >= 0.6 is 11.8 Å². The normalized spacial score (nSPS) is 16.4. The number of hydrogen-bond acceptors (Lipinski definition) is 5. The Kier molecular flexibility index (Phi) is 7.98. The number of nitrogens with one attached hydrogen (secondary N) is 1. The molecule has 1 atom stereocenters. The van der Waals surface area contributed by atoms with Gasteiger partial charge >= 0.3 is 0 Å². The van der Waals surface area contributed by atoms with Gasteiger partial charge in [-0.2, -0.15) is 0 Å². The standard InChI is InChI=1S/C23H31N3O2S/c1-18(29-22-9-7-21(28-3)8-10-22)23(27)24-16-19-5-4-6-20(15-19)17-26-13-11-25(2)12-14-26/h4-10,15,18H,11-14,16-17H2,1-3H3,(H,24,27). The molecule has 0 bridgehead atoms. The van der Waals surface area contributed by atoms with E-state index in [0.29, 0.717) is 6.54 Å². The summed E-state index contributed by atoms with van der Waals surface area (Å²) in [6, 6.07) is 16.3.